The molecular weight excluding hydrogens is 304 g/mol. The second-order valence-electron chi connectivity index (χ2n) is 10.2. The van der Waals surface area contributed by atoms with Crippen molar-refractivity contribution < 1.29 is 20.1 Å². The molecule has 24 heavy (non-hydrogen) atoms. The van der Waals surface area contributed by atoms with Crippen LogP contribution in [0.25, 0.3) is 0 Å². The Morgan fingerprint density at radius 1 is 1.12 bits per heavy atom. The third kappa shape index (κ3) is 1.31. The molecule has 0 aromatic rings. The lowest BCUT2D eigenvalue weighted by Crippen LogP contribution is -2.65. The highest BCUT2D eigenvalue weighted by Crippen LogP contribution is 2.77. The van der Waals surface area contributed by atoms with E-state index in [0.717, 1.165) is 24.8 Å². The molecule has 5 rings (SSSR count). The van der Waals surface area contributed by atoms with Crippen LogP contribution in [0, 0.1) is 22.7 Å². The number of rotatable bonds is 0. The minimum Gasteiger partial charge on any atom is -0.392 e. The first-order chi connectivity index (χ1) is 11.0. The van der Waals surface area contributed by atoms with Gasteiger partial charge >= 0.3 is 0 Å². The summed E-state index contributed by atoms with van der Waals surface area (Å²) < 4.78 is 6.90. The smallest absolute Gasteiger partial charge is 0.109 e. The molecule has 2 heterocycles. The van der Waals surface area contributed by atoms with E-state index in [9.17, 15) is 15.3 Å². The molecule has 0 unspecified atom stereocenters. The summed E-state index contributed by atoms with van der Waals surface area (Å²) in [5, 5.41) is 32.9. The van der Waals surface area contributed by atoms with Gasteiger partial charge < -0.3 is 20.1 Å². The van der Waals surface area contributed by atoms with E-state index in [1.165, 1.54) is 0 Å². The molecule has 3 spiro atoms. The molecule has 3 aliphatic carbocycles. The van der Waals surface area contributed by atoms with E-state index in [1.807, 2.05) is 20.8 Å². The summed E-state index contributed by atoms with van der Waals surface area (Å²) in [6, 6.07) is 0. The molecule has 0 amide bonds. The Morgan fingerprint density at radius 2 is 1.83 bits per heavy atom. The predicted molar refractivity (Wildman–Crippen MR) is 89.2 cm³/mol. The Morgan fingerprint density at radius 3 is 2.54 bits per heavy atom. The molecule has 3 saturated carbocycles. The first-order valence-corrected chi connectivity index (χ1v) is 9.50. The van der Waals surface area contributed by atoms with E-state index in [-0.39, 0.29) is 11.3 Å². The number of fused-ring (bicyclic) bond motifs is 1. The zero-order valence-electron chi connectivity index (χ0n) is 15.0. The fourth-order valence-corrected chi connectivity index (χ4v) is 7.83. The molecular formula is C20H30O4. The van der Waals surface area contributed by atoms with E-state index in [1.54, 1.807) is 0 Å². The van der Waals surface area contributed by atoms with Gasteiger partial charge in [0.2, 0.25) is 0 Å². The van der Waals surface area contributed by atoms with Crippen molar-refractivity contribution in [3.63, 3.8) is 0 Å². The Kier molecular flexibility index (Phi) is 2.60. The van der Waals surface area contributed by atoms with Crippen molar-refractivity contribution in [2.75, 3.05) is 0 Å². The van der Waals surface area contributed by atoms with Gasteiger partial charge in [-0.25, -0.2) is 0 Å². The molecule has 8 atom stereocenters. The number of ether oxygens (including phenoxy) is 1. The fourth-order valence-electron chi connectivity index (χ4n) is 7.83. The van der Waals surface area contributed by atoms with Crippen LogP contribution in [-0.2, 0) is 4.74 Å². The van der Waals surface area contributed by atoms with Crippen molar-refractivity contribution in [2.24, 2.45) is 22.7 Å². The molecule has 5 fully saturated rings. The maximum absolute atomic E-state index is 11.3. The standard InChI is InChI=1S/C20H30O4/c1-11-13-7-14(21)16(2,3)20(13)15(22)9-18-8-12(17(4,23)10-18)5-6-19(11,18)24-20/h12-15,21-23H,1,5-10H2,2-4H3/t12-,13+,14+,15-,17-,18+,19-,20+/m1/s1. The number of aliphatic hydroxyl groups excluding tert-OH is 2. The van der Waals surface area contributed by atoms with E-state index < -0.39 is 34.4 Å². The Labute approximate surface area is 143 Å². The number of hydrogen-bond donors (Lipinski definition) is 3. The third-order valence-electron chi connectivity index (χ3n) is 9.09. The average molecular weight is 334 g/mol. The van der Waals surface area contributed by atoms with Gasteiger partial charge in [-0.3, -0.25) is 0 Å². The van der Waals surface area contributed by atoms with E-state index >= 15 is 0 Å². The number of aliphatic hydroxyl groups is 3. The fraction of sp³-hybridized carbons (Fsp3) is 0.900. The average Bonchev–Trinajstić information content (AvgIpc) is 2.91. The molecule has 4 heteroatoms. The van der Waals surface area contributed by atoms with Crippen LogP contribution in [0.3, 0.4) is 0 Å². The van der Waals surface area contributed by atoms with Crippen LogP contribution in [0.1, 0.15) is 59.3 Å². The highest BCUT2D eigenvalue weighted by molar-refractivity contribution is 5.42. The van der Waals surface area contributed by atoms with Gasteiger partial charge in [0.15, 0.2) is 0 Å². The summed E-state index contributed by atoms with van der Waals surface area (Å²) >= 11 is 0. The van der Waals surface area contributed by atoms with Crippen molar-refractivity contribution in [3.8, 4) is 0 Å². The van der Waals surface area contributed by atoms with Crippen molar-refractivity contribution >= 4 is 0 Å². The first kappa shape index (κ1) is 15.8. The molecule has 2 saturated heterocycles. The lowest BCUT2D eigenvalue weighted by molar-refractivity contribution is -0.291. The Bertz CT molecular complexity index is 640. The second kappa shape index (κ2) is 3.95. The molecule has 4 nitrogen and oxygen atoms in total. The SMILES string of the molecule is C=C1[C@@H]2C[C@H](O)C(C)(C)[C@]23O[C@]12CC[C@@H]1C[C@]2(C[C@H]3O)C[C@@]1(C)O. The van der Waals surface area contributed by atoms with Crippen molar-refractivity contribution in [1.29, 1.82) is 0 Å². The van der Waals surface area contributed by atoms with E-state index in [4.69, 9.17) is 4.74 Å². The van der Waals surface area contributed by atoms with Crippen LogP contribution in [0.2, 0.25) is 0 Å². The van der Waals surface area contributed by atoms with Crippen molar-refractivity contribution in [1.82, 2.24) is 0 Å². The Hall–Kier alpha value is -0.420. The summed E-state index contributed by atoms with van der Waals surface area (Å²) in [6.45, 7) is 10.5. The maximum Gasteiger partial charge on any atom is 0.109 e. The van der Waals surface area contributed by atoms with Crippen molar-refractivity contribution in [3.05, 3.63) is 12.2 Å². The molecule has 3 N–H and O–H groups in total. The highest BCUT2D eigenvalue weighted by Gasteiger charge is 2.81. The molecule has 0 aromatic heterocycles. The van der Waals surface area contributed by atoms with Crippen molar-refractivity contribution in [2.45, 2.75) is 88.3 Å². The van der Waals surface area contributed by atoms with Gasteiger partial charge in [-0.05, 0) is 56.9 Å². The quantitative estimate of drug-likeness (QED) is 0.594. The summed E-state index contributed by atoms with van der Waals surface area (Å²) in [4.78, 5) is 0. The lowest BCUT2D eigenvalue weighted by atomic mass is 9.58. The maximum atomic E-state index is 11.3. The second-order valence-corrected chi connectivity index (χ2v) is 10.2. The zero-order valence-corrected chi connectivity index (χ0v) is 15.0. The van der Waals surface area contributed by atoms with Crippen LogP contribution in [0.15, 0.2) is 12.2 Å². The molecule has 2 aliphatic heterocycles. The third-order valence-corrected chi connectivity index (χ3v) is 9.09. The lowest BCUT2D eigenvalue weighted by Gasteiger charge is -2.59. The molecule has 0 radical (unpaired) electrons. The summed E-state index contributed by atoms with van der Waals surface area (Å²) in [7, 11) is 0. The molecule has 4 bridgehead atoms. The van der Waals surface area contributed by atoms with E-state index in [2.05, 4.69) is 6.58 Å². The monoisotopic (exact) mass is 334 g/mol. The summed E-state index contributed by atoms with van der Waals surface area (Å²) in [6.07, 6.45) is 3.64. The van der Waals surface area contributed by atoms with Crippen LogP contribution in [-0.4, -0.2) is 44.3 Å². The topological polar surface area (TPSA) is 69.9 Å². The van der Waals surface area contributed by atoms with Gasteiger partial charge in [-0.2, -0.15) is 0 Å². The van der Waals surface area contributed by atoms with Gasteiger partial charge in [0.05, 0.1) is 23.4 Å². The molecule has 0 aromatic carbocycles. The van der Waals surface area contributed by atoms with Crippen LogP contribution >= 0.6 is 0 Å². The highest BCUT2D eigenvalue weighted by atomic mass is 16.6. The summed E-state index contributed by atoms with van der Waals surface area (Å²) in [5.74, 6) is 0.304. The normalized spacial score (nSPS) is 63.3. The molecule has 134 valence electrons. The van der Waals surface area contributed by atoms with Crippen LogP contribution in [0.4, 0.5) is 0 Å². The first-order valence-electron chi connectivity index (χ1n) is 9.50. The van der Waals surface area contributed by atoms with Gasteiger partial charge in [0.25, 0.3) is 0 Å². The molecule has 5 aliphatic rings. The van der Waals surface area contributed by atoms with Crippen LogP contribution < -0.4 is 0 Å². The largest absolute Gasteiger partial charge is 0.392 e. The minimum absolute atomic E-state index is 0.0129. The summed E-state index contributed by atoms with van der Waals surface area (Å²) in [5.41, 5.74) is -1.44. The van der Waals surface area contributed by atoms with E-state index in [0.29, 0.717) is 25.2 Å². The van der Waals surface area contributed by atoms with Gasteiger partial charge in [0, 0.05) is 16.7 Å². The predicted octanol–water partition coefficient (Wildman–Crippen LogP) is 2.16. The zero-order chi connectivity index (χ0) is 17.3. The number of hydrogen-bond acceptors (Lipinski definition) is 4. The van der Waals surface area contributed by atoms with Gasteiger partial charge in [-0.15, -0.1) is 0 Å². The van der Waals surface area contributed by atoms with Gasteiger partial charge in [-0.1, -0.05) is 20.4 Å². The van der Waals surface area contributed by atoms with Crippen LogP contribution in [0.5, 0.6) is 0 Å². The minimum atomic E-state index is -0.726. The Balaban J connectivity index is 1.70. The van der Waals surface area contributed by atoms with Gasteiger partial charge in [0.1, 0.15) is 5.60 Å².